The van der Waals surface area contributed by atoms with E-state index in [4.69, 9.17) is 4.12 Å². The van der Waals surface area contributed by atoms with E-state index in [-0.39, 0.29) is 0 Å². The first kappa shape index (κ1) is 17.4. The predicted molar refractivity (Wildman–Crippen MR) is 84.9 cm³/mol. The van der Waals surface area contributed by atoms with Gasteiger partial charge in [0.1, 0.15) is 0 Å². The summed E-state index contributed by atoms with van der Waals surface area (Å²) in [5.41, 5.74) is 2.94. The average molecular weight is 275 g/mol. The lowest BCUT2D eigenvalue weighted by Gasteiger charge is -2.45. The summed E-state index contributed by atoms with van der Waals surface area (Å²) in [6.07, 6.45) is 0. The van der Waals surface area contributed by atoms with Crippen LogP contribution < -0.4 is 0 Å². The normalized spacial score (nSPS) is 15.4. The molecule has 0 radical (unpaired) electrons. The quantitative estimate of drug-likeness (QED) is 0.570. The molecule has 0 aromatic rings. The molecule has 0 aliphatic heterocycles. The molecule has 0 saturated heterocycles. The second-order valence-electron chi connectivity index (χ2n) is 6.63. The van der Waals surface area contributed by atoms with Gasteiger partial charge < -0.3 is 4.12 Å². The van der Waals surface area contributed by atoms with Crippen molar-refractivity contribution >= 4 is 17.4 Å². The molecule has 1 atom stereocenters. The molecule has 0 aliphatic rings. The molecule has 0 bridgehead atoms. The number of rotatable bonds is 7. The minimum absolute atomic E-state index is 0.725. The van der Waals surface area contributed by atoms with Gasteiger partial charge in [0.05, 0.1) is 0 Å². The van der Waals surface area contributed by atoms with E-state index in [1.54, 1.807) is 0 Å². The zero-order chi connectivity index (χ0) is 13.8. The van der Waals surface area contributed by atoms with Crippen LogP contribution in [0.3, 0.4) is 0 Å². The minimum Gasteiger partial charge on any atom is -0.457 e. The van der Waals surface area contributed by atoms with Gasteiger partial charge in [0.25, 0.3) is 0 Å². The molecular weight excluding hydrogens is 240 g/mol. The monoisotopic (exact) mass is 274 g/mol. The van der Waals surface area contributed by atoms with Gasteiger partial charge in [-0.05, 0) is 28.2 Å². The molecule has 0 saturated carbocycles. The van der Waals surface area contributed by atoms with E-state index in [0.29, 0.717) is 0 Å². The van der Waals surface area contributed by atoms with Crippen LogP contribution in [0.2, 0.25) is 28.2 Å². The fourth-order valence-electron chi connectivity index (χ4n) is 3.36. The lowest BCUT2D eigenvalue weighted by Crippen LogP contribution is -2.51. The third-order valence-corrected chi connectivity index (χ3v) is 14.8. The molecular formula is C14H34OSi2. The van der Waals surface area contributed by atoms with Crippen molar-refractivity contribution in [3.05, 3.63) is 0 Å². The van der Waals surface area contributed by atoms with Gasteiger partial charge in [0.2, 0.25) is 0 Å². The number of hydrogen-bond donors (Lipinski definition) is 0. The van der Waals surface area contributed by atoms with Crippen molar-refractivity contribution in [1.29, 1.82) is 0 Å². The molecule has 1 unspecified atom stereocenters. The Morgan fingerprint density at radius 1 is 0.824 bits per heavy atom. The highest BCUT2D eigenvalue weighted by molar-refractivity contribution is 6.83. The molecule has 0 aromatic heterocycles. The lowest BCUT2D eigenvalue weighted by atomic mass is 10.5. The first-order chi connectivity index (χ1) is 7.70. The Bertz CT molecular complexity index is 190. The summed E-state index contributed by atoms with van der Waals surface area (Å²) >= 11 is 0. The highest BCUT2D eigenvalue weighted by Gasteiger charge is 2.46. The molecule has 0 N–H and O–H groups in total. The Morgan fingerprint density at radius 2 is 1.18 bits per heavy atom. The molecule has 0 aromatic carbocycles. The summed E-state index contributed by atoms with van der Waals surface area (Å²) in [4.78, 5) is 0. The van der Waals surface area contributed by atoms with Crippen molar-refractivity contribution in [3.63, 3.8) is 0 Å². The first-order valence-corrected chi connectivity index (χ1v) is 11.5. The van der Waals surface area contributed by atoms with E-state index in [0.717, 1.165) is 22.2 Å². The van der Waals surface area contributed by atoms with Crippen LogP contribution in [-0.2, 0) is 4.12 Å². The Labute approximate surface area is 112 Å². The molecule has 0 spiro atoms. The van der Waals surface area contributed by atoms with Gasteiger partial charge in [-0.1, -0.05) is 62.3 Å². The summed E-state index contributed by atoms with van der Waals surface area (Å²) in [5.74, 6) is 0. The van der Waals surface area contributed by atoms with Crippen molar-refractivity contribution in [3.8, 4) is 0 Å². The van der Waals surface area contributed by atoms with Crippen molar-refractivity contribution < 1.29 is 4.12 Å². The molecule has 0 fully saturated rings. The third kappa shape index (κ3) is 3.93. The molecule has 3 heteroatoms. The smallest absolute Gasteiger partial charge is 0.187 e. The number of hydrogen-bond acceptors (Lipinski definition) is 1. The zero-order valence-corrected chi connectivity index (χ0v) is 15.7. The van der Waals surface area contributed by atoms with Crippen molar-refractivity contribution in [2.45, 2.75) is 90.5 Å². The largest absolute Gasteiger partial charge is 0.457 e. The van der Waals surface area contributed by atoms with Gasteiger partial charge in [0.15, 0.2) is 17.4 Å². The molecule has 0 rings (SSSR count). The topological polar surface area (TPSA) is 9.23 Å². The SMILES string of the molecule is CC[SiH](O[Si](C(C)C)(C(C)C)C(C)C)C(C)C. The van der Waals surface area contributed by atoms with E-state index < -0.39 is 17.4 Å². The van der Waals surface area contributed by atoms with E-state index in [2.05, 4.69) is 62.3 Å². The van der Waals surface area contributed by atoms with E-state index >= 15 is 0 Å². The lowest BCUT2D eigenvalue weighted by molar-refractivity contribution is 0.476. The molecule has 17 heavy (non-hydrogen) atoms. The van der Waals surface area contributed by atoms with E-state index in [9.17, 15) is 0 Å². The summed E-state index contributed by atoms with van der Waals surface area (Å²) in [6.45, 7) is 21.3. The Kier molecular flexibility index (Phi) is 7.26. The Balaban J connectivity index is 5.17. The standard InChI is InChI=1S/C14H34OSi2/c1-10-16(11(2)3)15-17(12(4)5,13(6)7)14(8)9/h11-14,16H,10H2,1-9H3. The zero-order valence-electron chi connectivity index (χ0n) is 13.5. The second kappa shape index (κ2) is 7.10. The van der Waals surface area contributed by atoms with Crippen LogP contribution in [0.15, 0.2) is 0 Å². The summed E-state index contributed by atoms with van der Waals surface area (Å²) in [7, 11) is -2.63. The van der Waals surface area contributed by atoms with Crippen molar-refractivity contribution in [1.82, 2.24) is 0 Å². The maximum Gasteiger partial charge on any atom is 0.187 e. The van der Waals surface area contributed by atoms with E-state index in [1.807, 2.05) is 0 Å². The van der Waals surface area contributed by atoms with Crippen LogP contribution in [0.1, 0.15) is 62.3 Å². The molecule has 1 nitrogen and oxygen atoms in total. The fraction of sp³-hybridized carbons (Fsp3) is 1.00. The van der Waals surface area contributed by atoms with Crippen LogP contribution in [-0.4, -0.2) is 17.4 Å². The maximum absolute atomic E-state index is 6.91. The van der Waals surface area contributed by atoms with Crippen LogP contribution in [0.5, 0.6) is 0 Å². The average Bonchev–Trinajstić information content (AvgIpc) is 2.16. The second-order valence-corrected chi connectivity index (χ2v) is 16.0. The van der Waals surface area contributed by atoms with Crippen LogP contribution in [0, 0.1) is 0 Å². The van der Waals surface area contributed by atoms with Crippen molar-refractivity contribution in [2.75, 3.05) is 0 Å². The van der Waals surface area contributed by atoms with Gasteiger partial charge in [-0.2, -0.15) is 0 Å². The van der Waals surface area contributed by atoms with Crippen molar-refractivity contribution in [2.24, 2.45) is 0 Å². The maximum atomic E-state index is 6.91. The van der Waals surface area contributed by atoms with Crippen LogP contribution in [0.25, 0.3) is 0 Å². The summed E-state index contributed by atoms with van der Waals surface area (Å²) in [5, 5.41) is 0. The third-order valence-electron chi connectivity index (χ3n) is 4.21. The molecule has 104 valence electrons. The fourth-order valence-corrected chi connectivity index (χ4v) is 15.4. The van der Waals surface area contributed by atoms with Crippen LogP contribution in [0.4, 0.5) is 0 Å². The van der Waals surface area contributed by atoms with Gasteiger partial charge in [-0.15, -0.1) is 0 Å². The highest BCUT2D eigenvalue weighted by atomic mass is 28.4. The summed E-state index contributed by atoms with van der Waals surface area (Å²) in [6, 6.07) is 1.28. The Hall–Kier alpha value is 0.394. The van der Waals surface area contributed by atoms with Crippen LogP contribution >= 0.6 is 0 Å². The molecule has 0 heterocycles. The Morgan fingerprint density at radius 3 is 1.35 bits per heavy atom. The summed E-state index contributed by atoms with van der Waals surface area (Å²) < 4.78 is 6.91. The first-order valence-electron chi connectivity index (χ1n) is 7.37. The van der Waals surface area contributed by atoms with Gasteiger partial charge in [-0.25, -0.2) is 0 Å². The van der Waals surface area contributed by atoms with Gasteiger partial charge in [-0.3, -0.25) is 0 Å². The highest BCUT2D eigenvalue weighted by Crippen LogP contribution is 2.43. The molecule has 0 aliphatic carbocycles. The predicted octanol–water partition coefficient (Wildman–Crippen LogP) is 5.33. The molecule has 0 amide bonds. The van der Waals surface area contributed by atoms with E-state index in [1.165, 1.54) is 6.04 Å². The van der Waals surface area contributed by atoms with Gasteiger partial charge >= 0.3 is 0 Å². The van der Waals surface area contributed by atoms with Gasteiger partial charge in [0, 0.05) is 0 Å². The minimum atomic E-state index is -1.61.